The molecule has 2 nitrogen and oxygen atoms in total. The molecule has 2 rings (SSSR count). The van der Waals surface area contributed by atoms with Crippen LogP contribution in [-0.2, 0) is 6.54 Å². The fraction of sp³-hybridized carbons (Fsp3) is 0.294. The Morgan fingerprint density at radius 2 is 1.42 bits per heavy atom. The second kappa shape index (κ2) is 5.89. The zero-order valence-corrected chi connectivity index (χ0v) is 11.7. The van der Waals surface area contributed by atoms with Crippen molar-refractivity contribution in [3.8, 4) is 5.75 Å². The first kappa shape index (κ1) is 13.6. The van der Waals surface area contributed by atoms with Gasteiger partial charge in [0.1, 0.15) is 18.0 Å². The fourth-order valence-corrected chi connectivity index (χ4v) is 2.60. The van der Waals surface area contributed by atoms with E-state index in [1.807, 2.05) is 12.1 Å². The van der Waals surface area contributed by atoms with Crippen LogP contribution >= 0.6 is 0 Å². The Bertz CT molecular complexity index is 501. The largest absolute Gasteiger partial charge is 0.508 e. The lowest BCUT2D eigenvalue weighted by atomic mass is 10.1. The summed E-state index contributed by atoms with van der Waals surface area (Å²) in [5.41, 5.74) is 2.60. The Kier molecular flexibility index (Phi) is 4.23. The zero-order valence-electron chi connectivity index (χ0n) is 11.7. The van der Waals surface area contributed by atoms with E-state index in [1.165, 1.54) is 11.3 Å². The molecular weight excluding hydrogens is 234 g/mol. The van der Waals surface area contributed by atoms with Gasteiger partial charge in [-0.3, -0.25) is 4.48 Å². The van der Waals surface area contributed by atoms with Crippen molar-refractivity contribution in [1.82, 2.24) is 4.48 Å². The maximum atomic E-state index is 9.38. The Morgan fingerprint density at radius 1 is 0.842 bits per heavy atom. The van der Waals surface area contributed by atoms with E-state index in [0.717, 1.165) is 24.1 Å². The van der Waals surface area contributed by atoms with Gasteiger partial charge >= 0.3 is 0 Å². The summed E-state index contributed by atoms with van der Waals surface area (Å²) >= 11 is 0. The molecule has 0 aliphatic heterocycles. The van der Waals surface area contributed by atoms with Crippen molar-refractivity contribution >= 4 is 5.69 Å². The minimum absolute atomic E-state index is 0.328. The van der Waals surface area contributed by atoms with Gasteiger partial charge in [0.05, 0.1) is 13.1 Å². The highest BCUT2D eigenvalue weighted by Gasteiger charge is 2.26. The molecule has 0 saturated heterocycles. The van der Waals surface area contributed by atoms with Crippen LogP contribution < -0.4 is 4.48 Å². The van der Waals surface area contributed by atoms with E-state index in [2.05, 4.69) is 44.2 Å². The average Bonchev–Trinajstić information content (AvgIpc) is 2.48. The molecule has 0 aliphatic rings. The van der Waals surface area contributed by atoms with E-state index >= 15 is 0 Å². The smallest absolute Gasteiger partial charge is 0.133 e. The number of nitrogens with zero attached hydrogens (tertiary/aromatic N) is 1. The van der Waals surface area contributed by atoms with Gasteiger partial charge in [0.15, 0.2) is 0 Å². The van der Waals surface area contributed by atoms with E-state index in [-0.39, 0.29) is 0 Å². The summed E-state index contributed by atoms with van der Waals surface area (Å²) in [6.45, 7) is 7.54. The van der Waals surface area contributed by atoms with Crippen molar-refractivity contribution in [3.63, 3.8) is 0 Å². The minimum Gasteiger partial charge on any atom is -0.508 e. The van der Waals surface area contributed by atoms with E-state index in [0.29, 0.717) is 5.75 Å². The van der Waals surface area contributed by atoms with E-state index in [9.17, 15) is 5.11 Å². The number of rotatable bonds is 5. The number of phenolic OH excluding ortho intramolecular Hbond substituents is 1. The van der Waals surface area contributed by atoms with Crippen LogP contribution in [0.5, 0.6) is 5.75 Å². The first-order valence-electron chi connectivity index (χ1n) is 6.90. The number of hydrogen-bond acceptors (Lipinski definition) is 1. The number of aromatic hydroxyl groups is 1. The number of para-hydroxylation sites is 1. The van der Waals surface area contributed by atoms with Gasteiger partial charge in [-0.25, -0.2) is 0 Å². The summed E-state index contributed by atoms with van der Waals surface area (Å²) < 4.78 is 0.936. The predicted octanol–water partition coefficient (Wildman–Crippen LogP) is 3.94. The molecule has 1 N–H and O–H groups in total. The highest BCUT2D eigenvalue weighted by molar-refractivity contribution is 5.43. The van der Waals surface area contributed by atoms with Crippen LogP contribution in [0.4, 0.5) is 5.69 Å². The maximum absolute atomic E-state index is 9.38. The molecule has 0 aromatic heterocycles. The van der Waals surface area contributed by atoms with Crippen LogP contribution in [0.2, 0.25) is 0 Å². The molecule has 0 amide bonds. The molecule has 0 saturated carbocycles. The van der Waals surface area contributed by atoms with E-state index < -0.39 is 0 Å². The van der Waals surface area contributed by atoms with Crippen LogP contribution in [0.15, 0.2) is 54.6 Å². The van der Waals surface area contributed by atoms with Gasteiger partial charge in [0, 0.05) is 5.56 Å². The topological polar surface area (TPSA) is 20.2 Å². The molecule has 0 atom stereocenters. The molecule has 2 aromatic carbocycles. The van der Waals surface area contributed by atoms with Crippen LogP contribution in [0.25, 0.3) is 0 Å². The first-order chi connectivity index (χ1) is 9.20. The minimum atomic E-state index is 0.328. The molecule has 2 aromatic rings. The van der Waals surface area contributed by atoms with Gasteiger partial charge in [-0.05, 0) is 50.2 Å². The summed E-state index contributed by atoms with van der Waals surface area (Å²) in [7, 11) is 0. The lowest BCUT2D eigenvalue weighted by molar-refractivity contribution is 0.292. The molecule has 19 heavy (non-hydrogen) atoms. The van der Waals surface area contributed by atoms with Gasteiger partial charge in [-0.1, -0.05) is 18.2 Å². The third kappa shape index (κ3) is 2.96. The lowest BCUT2D eigenvalue weighted by Crippen LogP contribution is -2.48. The molecule has 100 valence electrons. The van der Waals surface area contributed by atoms with Gasteiger partial charge in [0.25, 0.3) is 0 Å². The van der Waals surface area contributed by atoms with Gasteiger partial charge in [0.2, 0.25) is 0 Å². The SMILES string of the molecule is CC[N+](CC)(Cc1ccc(O)cc1)c1ccccc1. The van der Waals surface area contributed by atoms with Crippen molar-refractivity contribution in [1.29, 1.82) is 0 Å². The molecule has 2 heteroatoms. The summed E-state index contributed by atoms with van der Waals surface area (Å²) in [6, 6.07) is 18.2. The standard InChI is InChI=1S/C17H21NO/c1-3-18(4-2,16-8-6-5-7-9-16)14-15-10-12-17(19)13-11-15/h5-13H,3-4,14H2,1-2H3/p+1. The normalized spacial score (nSPS) is 11.5. The summed E-state index contributed by atoms with van der Waals surface area (Å²) in [5.74, 6) is 0.328. The van der Waals surface area contributed by atoms with Gasteiger partial charge in [-0.15, -0.1) is 0 Å². The highest BCUT2D eigenvalue weighted by atomic mass is 16.3. The molecule has 0 heterocycles. The van der Waals surface area contributed by atoms with Crippen molar-refractivity contribution in [2.75, 3.05) is 13.1 Å². The van der Waals surface area contributed by atoms with Gasteiger partial charge in [-0.2, -0.15) is 0 Å². The molecule has 0 unspecified atom stereocenters. The molecule has 0 radical (unpaired) electrons. The Hall–Kier alpha value is -1.80. The zero-order chi connectivity index (χ0) is 13.7. The lowest BCUT2D eigenvalue weighted by Gasteiger charge is -2.36. The second-order valence-corrected chi connectivity index (χ2v) is 4.94. The van der Waals surface area contributed by atoms with Crippen LogP contribution in [0, 0.1) is 0 Å². The first-order valence-corrected chi connectivity index (χ1v) is 6.90. The van der Waals surface area contributed by atoms with Crippen LogP contribution in [0.3, 0.4) is 0 Å². The van der Waals surface area contributed by atoms with Gasteiger partial charge < -0.3 is 5.11 Å². The van der Waals surface area contributed by atoms with E-state index in [4.69, 9.17) is 0 Å². The molecule has 0 fully saturated rings. The summed E-state index contributed by atoms with van der Waals surface area (Å²) in [5, 5.41) is 9.38. The summed E-state index contributed by atoms with van der Waals surface area (Å²) in [6.07, 6.45) is 0. The maximum Gasteiger partial charge on any atom is 0.133 e. The Balaban J connectivity index is 2.32. The Morgan fingerprint density at radius 3 is 1.95 bits per heavy atom. The molecule has 0 spiro atoms. The number of quaternary nitrogens is 1. The number of benzene rings is 2. The van der Waals surface area contributed by atoms with Crippen LogP contribution in [0.1, 0.15) is 19.4 Å². The highest BCUT2D eigenvalue weighted by Crippen LogP contribution is 2.26. The van der Waals surface area contributed by atoms with Crippen LogP contribution in [-0.4, -0.2) is 18.2 Å². The predicted molar refractivity (Wildman–Crippen MR) is 81.1 cm³/mol. The molecule has 0 bridgehead atoms. The Labute approximate surface area is 115 Å². The number of phenols is 1. The fourth-order valence-electron chi connectivity index (χ4n) is 2.60. The molecular formula is C17H22NO+. The summed E-state index contributed by atoms with van der Waals surface area (Å²) in [4.78, 5) is 0. The monoisotopic (exact) mass is 256 g/mol. The van der Waals surface area contributed by atoms with Crippen molar-refractivity contribution < 1.29 is 5.11 Å². The third-order valence-corrected chi connectivity index (χ3v) is 3.94. The quantitative estimate of drug-likeness (QED) is 0.803. The van der Waals surface area contributed by atoms with Crippen molar-refractivity contribution in [2.45, 2.75) is 20.4 Å². The third-order valence-electron chi connectivity index (χ3n) is 3.94. The van der Waals surface area contributed by atoms with Crippen molar-refractivity contribution in [3.05, 3.63) is 60.2 Å². The second-order valence-electron chi connectivity index (χ2n) is 4.94. The van der Waals surface area contributed by atoms with E-state index in [1.54, 1.807) is 12.1 Å². The number of hydrogen-bond donors (Lipinski definition) is 1. The average molecular weight is 256 g/mol. The van der Waals surface area contributed by atoms with Crippen molar-refractivity contribution in [2.24, 2.45) is 0 Å². The molecule has 0 aliphatic carbocycles.